The van der Waals surface area contributed by atoms with E-state index in [1.165, 1.54) is 0 Å². The summed E-state index contributed by atoms with van der Waals surface area (Å²) < 4.78 is 0. The second-order valence-electron chi connectivity index (χ2n) is 5.40. The van der Waals surface area contributed by atoms with Crippen LogP contribution in [0.3, 0.4) is 0 Å². The van der Waals surface area contributed by atoms with Gasteiger partial charge in [0.05, 0.1) is 11.5 Å². The number of carboxylic acids is 1. The Morgan fingerprint density at radius 2 is 1.95 bits per heavy atom. The van der Waals surface area contributed by atoms with E-state index in [1.54, 1.807) is 4.90 Å². The predicted octanol–water partition coefficient (Wildman–Crippen LogP) is 2.83. The maximum absolute atomic E-state index is 10.9. The van der Waals surface area contributed by atoms with Gasteiger partial charge >= 0.3 is 5.97 Å². The second kappa shape index (κ2) is 6.24. The van der Waals surface area contributed by atoms with Crippen LogP contribution in [-0.2, 0) is 4.79 Å². The van der Waals surface area contributed by atoms with Crippen LogP contribution >= 0.6 is 0 Å². The molecule has 1 N–H and O–H groups in total. The van der Waals surface area contributed by atoms with Gasteiger partial charge in [0.15, 0.2) is 0 Å². The molecule has 1 aromatic carbocycles. The zero-order chi connectivity index (χ0) is 14.5. The maximum atomic E-state index is 10.9. The van der Waals surface area contributed by atoms with Crippen LogP contribution in [0.15, 0.2) is 24.3 Å². The van der Waals surface area contributed by atoms with E-state index in [1.807, 2.05) is 45.0 Å². The number of nitriles is 1. The smallest absolute Gasteiger partial charge is 0.323 e. The SMILES string of the molecule is Cc1ccc(N(CCC(C)(C)C#N)CC(=O)O)cc1. The summed E-state index contributed by atoms with van der Waals surface area (Å²) in [6.45, 7) is 6.22. The molecule has 0 fully saturated rings. The van der Waals surface area contributed by atoms with Crippen LogP contribution in [0.2, 0.25) is 0 Å². The van der Waals surface area contributed by atoms with Crippen LogP contribution in [-0.4, -0.2) is 24.2 Å². The molecular formula is C15H20N2O2. The van der Waals surface area contributed by atoms with Gasteiger partial charge in [-0.05, 0) is 39.3 Å². The van der Waals surface area contributed by atoms with Gasteiger partial charge in [-0.15, -0.1) is 0 Å². The molecule has 0 unspecified atom stereocenters. The molecular weight excluding hydrogens is 240 g/mol. The Bertz CT molecular complexity index is 472. The molecule has 0 spiro atoms. The molecule has 4 heteroatoms. The first-order valence-electron chi connectivity index (χ1n) is 6.29. The summed E-state index contributed by atoms with van der Waals surface area (Å²) in [5.41, 5.74) is 1.57. The highest BCUT2D eigenvalue weighted by molar-refractivity contribution is 5.73. The van der Waals surface area contributed by atoms with E-state index in [2.05, 4.69) is 6.07 Å². The van der Waals surface area contributed by atoms with Crippen LogP contribution in [0, 0.1) is 23.7 Å². The maximum Gasteiger partial charge on any atom is 0.323 e. The Morgan fingerprint density at radius 1 is 1.37 bits per heavy atom. The molecule has 0 atom stereocenters. The number of aliphatic carboxylic acids is 1. The Kier molecular flexibility index (Phi) is 4.94. The average Bonchev–Trinajstić information content (AvgIpc) is 2.35. The first-order valence-corrected chi connectivity index (χ1v) is 6.29. The van der Waals surface area contributed by atoms with Gasteiger partial charge in [0.1, 0.15) is 6.54 Å². The topological polar surface area (TPSA) is 64.3 Å². The fourth-order valence-corrected chi connectivity index (χ4v) is 1.69. The van der Waals surface area contributed by atoms with Gasteiger partial charge in [-0.1, -0.05) is 17.7 Å². The fraction of sp³-hybridized carbons (Fsp3) is 0.467. The number of carboxylic acid groups (broad SMARTS) is 1. The lowest BCUT2D eigenvalue weighted by Crippen LogP contribution is -2.32. The van der Waals surface area contributed by atoms with E-state index in [9.17, 15) is 4.79 Å². The monoisotopic (exact) mass is 260 g/mol. The number of nitrogens with zero attached hydrogens (tertiary/aromatic N) is 2. The molecule has 0 saturated heterocycles. The molecule has 102 valence electrons. The number of hydrogen-bond acceptors (Lipinski definition) is 3. The van der Waals surface area contributed by atoms with Crippen molar-refractivity contribution in [1.29, 1.82) is 5.26 Å². The van der Waals surface area contributed by atoms with Crippen LogP contribution in [0.25, 0.3) is 0 Å². The summed E-state index contributed by atoms with van der Waals surface area (Å²) in [6.07, 6.45) is 0.630. The highest BCUT2D eigenvalue weighted by atomic mass is 16.4. The van der Waals surface area contributed by atoms with Crippen LogP contribution in [0.4, 0.5) is 5.69 Å². The summed E-state index contributed by atoms with van der Waals surface area (Å²) in [5.74, 6) is -0.865. The highest BCUT2D eigenvalue weighted by Crippen LogP contribution is 2.22. The van der Waals surface area contributed by atoms with Gasteiger partial charge in [0, 0.05) is 12.2 Å². The second-order valence-corrected chi connectivity index (χ2v) is 5.40. The van der Waals surface area contributed by atoms with Crippen molar-refractivity contribution >= 4 is 11.7 Å². The van der Waals surface area contributed by atoms with Gasteiger partial charge < -0.3 is 10.0 Å². The van der Waals surface area contributed by atoms with Gasteiger partial charge in [-0.3, -0.25) is 4.79 Å². The summed E-state index contributed by atoms with van der Waals surface area (Å²) in [7, 11) is 0. The Hall–Kier alpha value is -2.02. The minimum absolute atomic E-state index is 0.0510. The molecule has 0 saturated carbocycles. The Balaban J connectivity index is 2.81. The zero-order valence-corrected chi connectivity index (χ0v) is 11.7. The van der Waals surface area contributed by atoms with Crippen molar-refractivity contribution in [3.05, 3.63) is 29.8 Å². The molecule has 0 aliphatic carbocycles. The molecule has 0 radical (unpaired) electrons. The lowest BCUT2D eigenvalue weighted by molar-refractivity contribution is -0.135. The van der Waals surface area contributed by atoms with Gasteiger partial charge in [-0.2, -0.15) is 5.26 Å². The van der Waals surface area contributed by atoms with Crippen molar-refractivity contribution in [2.75, 3.05) is 18.0 Å². The number of carbonyl (C=O) groups is 1. The zero-order valence-electron chi connectivity index (χ0n) is 11.7. The number of hydrogen-bond donors (Lipinski definition) is 1. The fourth-order valence-electron chi connectivity index (χ4n) is 1.69. The molecule has 0 aromatic heterocycles. The van der Waals surface area contributed by atoms with Crippen molar-refractivity contribution in [3.63, 3.8) is 0 Å². The molecule has 19 heavy (non-hydrogen) atoms. The van der Waals surface area contributed by atoms with Crippen molar-refractivity contribution in [1.82, 2.24) is 0 Å². The van der Waals surface area contributed by atoms with E-state index in [4.69, 9.17) is 10.4 Å². The summed E-state index contributed by atoms with van der Waals surface area (Å²) in [6, 6.07) is 9.98. The minimum Gasteiger partial charge on any atom is -0.480 e. The molecule has 1 rings (SSSR count). The lowest BCUT2D eigenvalue weighted by atomic mass is 9.91. The van der Waals surface area contributed by atoms with Gasteiger partial charge in [0.2, 0.25) is 0 Å². The minimum atomic E-state index is -0.865. The molecule has 1 aromatic rings. The van der Waals surface area contributed by atoms with E-state index in [-0.39, 0.29) is 6.54 Å². The van der Waals surface area contributed by atoms with Crippen LogP contribution in [0.1, 0.15) is 25.8 Å². The highest BCUT2D eigenvalue weighted by Gasteiger charge is 2.19. The predicted molar refractivity (Wildman–Crippen MR) is 75.0 cm³/mol. The largest absolute Gasteiger partial charge is 0.480 e. The number of anilines is 1. The molecule has 0 aliphatic rings. The van der Waals surface area contributed by atoms with E-state index < -0.39 is 11.4 Å². The standard InChI is InChI=1S/C15H20N2O2/c1-12-4-6-13(7-5-12)17(10-14(18)19)9-8-15(2,3)11-16/h4-7H,8-10H2,1-3H3,(H,18,19). The van der Waals surface area contributed by atoms with Crippen molar-refractivity contribution in [3.8, 4) is 6.07 Å². The molecule has 0 amide bonds. The Morgan fingerprint density at radius 3 is 2.42 bits per heavy atom. The third kappa shape index (κ3) is 5.01. The van der Waals surface area contributed by atoms with Gasteiger partial charge in [-0.25, -0.2) is 0 Å². The summed E-state index contributed by atoms with van der Waals surface area (Å²) in [4.78, 5) is 12.7. The van der Waals surface area contributed by atoms with Gasteiger partial charge in [0.25, 0.3) is 0 Å². The third-order valence-corrected chi connectivity index (χ3v) is 3.03. The van der Waals surface area contributed by atoms with Crippen molar-refractivity contribution in [2.45, 2.75) is 27.2 Å². The Labute approximate surface area is 114 Å². The van der Waals surface area contributed by atoms with E-state index >= 15 is 0 Å². The molecule has 0 aliphatic heterocycles. The van der Waals surface area contributed by atoms with Crippen LogP contribution in [0.5, 0.6) is 0 Å². The van der Waals surface area contributed by atoms with Crippen molar-refractivity contribution < 1.29 is 9.90 Å². The first-order chi connectivity index (χ1) is 8.84. The summed E-state index contributed by atoms with van der Waals surface area (Å²) in [5, 5.41) is 18.0. The number of aryl methyl sites for hydroxylation is 1. The number of benzene rings is 1. The molecule has 0 bridgehead atoms. The quantitative estimate of drug-likeness (QED) is 0.854. The van der Waals surface area contributed by atoms with Crippen molar-refractivity contribution in [2.24, 2.45) is 5.41 Å². The van der Waals surface area contributed by atoms with Crippen LogP contribution < -0.4 is 4.90 Å². The summed E-state index contributed by atoms with van der Waals surface area (Å²) >= 11 is 0. The molecule has 0 heterocycles. The van der Waals surface area contributed by atoms with E-state index in [0.29, 0.717) is 13.0 Å². The molecule has 4 nitrogen and oxygen atoms in total. The average molecular weight is 260 g/mol. The number of rotatable bonds is 6. The first kappa shape index (κ1) is 15.0. The normalized spacial score (nSPS) is 10.8. The van der Waals surface area contributed by atoms with E-state index in [0.717, 1.165) is 11.3 Å². The third-order valence-electron chi connectivity index (χ3n) is 3.03. The lowest BCUT2D eigenvalue weighted by Gasteiger charge is -2.26.